The number of hydrogen-bond donors (Lipinski definition) is 2. The van der Waals surface area contributed by atoms with Crippen molar-refractivity contribution in [1.82, 2.24) is 29.8 Å². The molecule has 192 valence electrons. The van der Waals surface area contributed by atoms with Crippen LogP contribution in [0.1, 0.15) is 62.4 Å². The molecule has 0 spiro atoms. The largest absolute Gasteiger partial charge is 0.453 e. The third-order valence-corrected chi connectivity index (χ3v) is 8.23. The number of amides is 2. The molecule has 10 nitrogen and oxygen atoms in total. The number of alkyl carbamates (subject to hydrolysis) is 1. The van der Waals surface area contributed by atoms with Crippen LogP contribution in [0.15, 0.2) is 23.8 Å². The minimum atomic E-state index is -0.441. The van der Waals surface area contributed by atoms with E-state index in [1.54, 1.807) is 33.0 Å². The van der Waals surface area contributed by atoms with Gasteiger partial charge >= 0.3 is 6.09 Å². The van der Waals surface area contributed by atoms with Crippen LogP contribution < -0.4 is 10.6 Å². The first-order valence-corrected chi connectivity index (χ1v) is 13.6. The zero-order valence-corrected chi connectivity index (χ0v) is 21.6. The average Bonchev–Trinajstić information content (AvgIpc) is 3.53. The summed E-state index contributed by atoms with van der Waals surface area (Å²) in [7, 11) is 1.35. The highest BCUT2D eigenvalue weighted by molar-refractivity contribution is 7.16. The third-order valence-electron chi connectivity index (χ3n) is 7.34. The van der Waals surface area contributed by atoms with Crippen molar-refractivity contribution in [2.75, 3.05) is 25.5 Å². The Morgan fingerprint density at radius 2 is 1.92 bits per heavy atom. The van der Waals surface area contributed by atoms with Crippen molar-refractivity contribution in [3.05, 3.63) is 29.5 Å². The summed E-state index contributed by atoms with van der Waals surface area (Å²) < 4.78 is 6.50. The highest BCUT2D eigenvalue weighted by Gasteiger charge is 2.27. The molecule has 0 bridgehead atoms. The summed E-state index contributed by atoms with van der Waals surface area (Å²) in [5.41, 5.74) is 1.18. The first kappa shape index (κ1) is 24.5. The lowest BCUT2D eigenvalue weighted by Crippen LogP contribution is -2.46. The number of carbonyl (C=O) groups excluding carboxylic acids is 2. The molecule has 5 rings (SSSR count). The van der Waals surface area contributed by atoms with Crippen LogP contribution in [-0.2, 0) is 4.74 Å². The van der Waals surface area contributed by atoms with Crippen molar-refractivity contribution in [2.45, 2.75) is 64.0 Å². The number of nitrogens with zero attached hydrogens (tertiary/aromatic N) is 5. The number of anilines is 1. The monoisotopic (exact) mass is 511 g/mol. The number of piperidine rings is 1. The van der Waals surface area contributed by atoms with Crippen molar-refractivity contribution >= 4 is 34.0 Å². The number of carbonyl (C=O) groups is 2. The van der Waals surface area contributed by atoms with Crippen molar-refractivity contribution in [2.24, 2.45) is 5.92 Å². The van der Waals surface area contributed by atoms with Gasteiger partial charge in [-0.05, 0) is 38.5 Å². The van der Waals surface area contributed by atoms with Crippen molar-refractivity contribution in [3.8, 4) is 11.4 Å². The molecule has 2 amide bonds. The fourth-order valence-corrected chi connectivity index (χ4v) is 6.02. The molecule has 2 N–H and O–H groups in total. The Morgan fingerprint density at radius 1 is 1.14 bits per heavy atom. The third kappa shape index (κ3) is 5.30. The summed E-state index contributed by atoms with van der Waals surface area (Å²) in [5.74, 6) is 1.63. The van der Waals surface area contributed by atoms with Gasteiger partial charge in [0.25, 0.3) is 5.91 Å². The lowest BCUT2D eigenvalue weighted by molar-refractivity contribution is 0.0698. The molecule has 1 aliphatic carbocycles. The first-order chi connectivity index (χ1) is 17.5. The maximum Gasteiger partial charge on any atom is 0.407 e. The van der Waals surface area contributed by atoms with Gasteiger partial charge in [-0.1, -0.05) is 19.3 Å². The molecule has 2 aliphatic rings. The van der Waals surface area contributed by atoms with Crippen LogP contribution in [0, 0.1) is 5.92 Å². The molecular formula is C25H33N7O3S. The van der Waals surface area contributed by atoms with Crippen LogP contribution in [0.3, 0.4) is 0 Å². The van der Waals surface area contributed by atoms with E-state index in [0.717, 1.165) is 10.4 Å². The predicted octanol–water partition coefficient (Wildman–Crippen LogP) is 4.19. The Balaban J connectivity index is 1.39. The van der Waals surface area contributed by atoms with Crippen LogP contribution >= 0.6 is 11.3 Å². The highest BCUT2D eigenvalue weighted by atomic mass is 32.1. The second-order valence-corrected chi connectivity index (χ2v) is 10.6. The minimum absolute atomic E-state index is 0.00411. The topological polar surface area (TPSA) is 114 Å². The molecule has 3 aromatic heterocycles. The van der Waals surface area contributed by atoms with Gasteiger partial charge in [-0.3, -0.25) is 4.79 Å². The van der Waals surface area contributed by atoms with Gasteiger partial charge < -0.3 is 20.3 Å². The minimum Gasteiger partial charge on any atom is -0.453 e. The number of aromatic nitrogens is 4. The summed E-state index contributed by atoms with van der Waals surface area (Å²) in [5, 5.41) is 12.8. The van der Waals surface area contributed by atoms with Crippen LogP contribution in [0.4, 0.5) is 10.6 Å². The molecular weight excluding hydrogens is 478 g/mol. The van der Waals surface area contributed by atoms with Crippen LogP contribution in [0.5, 0.6) is 0 Å². The number of rotatable bonds is 6. The molecule has 36 heavy (non-hydrogen) atoms. The van der Waals surface area contributed by atoms with E-state index in [-0.39, 0.29) is 18.0 Å². The van der Waals surface area contributed by atoms with Gasteiger partial charge in [0.2, 0.25) is 0 Å². The Kier molecular flexibility index (Phi) is 7.35. The summed E-state index contributed by atoms with van der Waals surface area (Å²) in [6.07, 6.45) is 10.8. The Hall–Kier alpha value is -3.21. The SMILES string of the molecule is COC(=O)NC1CCN(C(=O)c2cc(N[C@H](C)C3CCCCC3)nc(-c3cnn4ccsc34)n2)CC1. The van der Waals surface area contributed by atoms with Crippen LogP contribution in [0.25, 0.3) is 16.2 Å². The number of likely N-dealkylation sites (tertiary alicyclic amines) is 1. The van der Waals surface area contributed by atoms with E-state index in [9.17, 15) is 9.59 Å². The van der Waals surface area contributed by atoms with Crippen LogP contribution in [0.2, 0.25) is 0 Å². The second-order valence-electron chi connectivity index (χ2n) is 9.71. The Morgan fingerprint density at radius 3 is 2.67 bits per heavy atom. The van der Waals surface area contributed by atoms with Gasteiger partial charge in [0, 0.05) is 42.8 Å². The van der Waals surface area contributed by atoms with E-state index in [2.05, 4.69) is 22.7 Å². The molecule has 11 heteroatoms. The number of hydrogen-bond acceptors (Lipinski definition) is 8. The van der Waals surface area contributed by atoms with Gasteiger partial charge in [0.15, 0.2) is 5.82 Å². The summed E-state index contributed by atoms with van der Waals surface area (Å²) in [6.45, 7) is 3.28. The fourth-order valence-electron chi connectivity index (χ4n) is 5.23. The molecule has 1 aliphatic heterocycles. The zero-order valence-electron chi connectivity index (χ0n) is 20.8. The number of nitrogens with one attached hydrogen (secondary N) is 2. The van der Waals surface area contributed by atoms with Crippen molar-refractivity contribution in [3.63, 3.8) is 0 Å². The molecule has 2 fully saturated rings. The maximum atomic E-state index is 13.5. The maximum absolute atomic E-state index is 13.5. The molecule has 1 atom stereocenters. The molecule has 1 saturated carbocycles. The van der Waals surface area contributed by atoms with E-state index in [1.807, 2.05) is 11.6 Å². The van der Waals surface area contributed by atoms with E-state index in [4.69, 9.17) is 14.7 Å². The molecule has 4 heterocycles. The average molecular weight is 512 g/mol. The van der Waals surface area contributed by atoms with Gasteiger partial charge in [-0.2, -0.15) is 5.10 Å². The summed E-state index contributed by atoms with van der Waals surface area (Å²) in [4.78, 5) is 37.3. The number of thiazole rings is 1. The normalized spacial score (nSPS) is 18.2. The first-order valence-electron chi connectivity index (χ1n) is 12.7. The molecule has 0 aromatic carbocycles. The lowest BCUT2D eigenvalue weighted by atomic mass is 9.84. The second kappa shape index (κ2) is 10.8. The number of methoxy groups -OCH3 is 1. The van der Waals surface area contributed by atoms with Crippen molar-refractivity contribution < 1.29 is 14.3 Å². The molecule has 0 unspecified atom stereocenters. The zero-order chi connectivity index (χ0) is 25.1. The standard InChI is InChI=1S/C25H33N7O3S/c1-16(17-6-4-3-5-7-17)27-21-14-20(23(33)31-10-8-18(9-11-31)28-25(34)35-2)29-22(30-21)19-15-26-32-12-13-36-24(19)32/h12-18H,3-11H2,1-2H3,(H,28,34)(H,27,29,30)/t16-/m1/s1. The van der Waals surface area contributed by atoms with Crippen LogP contribution in [-0.4, -0.2) is 68.8 Å². The Labute approximate surface area is 214 Å². The fraction of sp³-hybridized carbons (Fsp3) is 0.560. The Bertz CT molecular complexity index is 1210. The summed E-state index contributed by atoms with van der Waals surface area (Å²) >= 11 is 1.57. The van der Waals surface area contributed by atoms with E-state index < -0.39 is 6.09 Å². The van der Waals surface area contributed by atoms with Gasteiger partial charge in [-0.25, -0.2) is 19.3 Å². The quantitative estimate of drug-likeness (QED) is 0.510. The van der Waals surface area contributed by atoms with E-state index in [0.29, 0.717) is 49.2 Å². The van der Waals surface area contributed by atoms with Gasteiger partial charge in [0.05, 0.1) is 18.9 Å². The van der Waals surface area contributed by atoms with Crippen molar-refractivity contribution in [1.29, 1.82) is 0 Å². The number of fused-ring (bicyclic) bond motifs is 1. The van der Waals surface area contributed by atoms with Gasteiger partial charge in [0.1, 0.15) is 16.3 Å². The van der Waals surface area contributed by atoms with E-state index in [1.165, 1.54) is 39.2 Å². The van der Waals surface area contributed by atoms with E-state index >= 15 is 0 Å². The number of ether oxygens (including phenoxy) is 1. The van der Waals surface area contributed by atoms with Gasteiger partial charge in [-0.15, -0.1) is 11.3 Å². The molecule has 0 radical (unpaired) electrons. The summed E-state index contributed by atoms with van der Waals surface area (Å²) in [6, 6.07) is 2.03. The predicted molar refractivity (Wildman–Crippen MR) is 138 cm³/mol. The lowest BCUT2D eigenvalue weighted by Gasteiger charge is -2.32. The molecule has 3 aromatic rings. The molecule has 1 saturated heterocycles. The highest BCUT2D eigenvalue weighted by Crippen LogP contribution is 2.30. The smallest absolute Gasteiger partial charge is 0.407 e.